The predicted molar refractivity (Wildman–Crippen MR) is 155 cm³/mol. The molecule has 0 aliphatic rings. The van der Waals surface area contributed by atoms with Crippen LogP contribution >= 0.6 is 0 Å². The lowest BCUT2D eigenvalue weighted by molar-refractivity contribution is -0.141. The van der Waals surface area contributed by atoms with Gasteiger partial charge < -0.3 is 30.7 Å². The van der Waals surface area contributed by atoms with Crippen LogP contribution in [0, 0.1) is 11.3 Å². The van der Waals surface area contributed by atoms with Gasteiger partial charge in [0, 0.05) is 33.0 Å². The smallest absolute Gasteiger partial charge is 0.414 e. The maximum atomic E-state index is 12.8. The summed E-state index contributed by atoms with van der Waals surface area (Å²) in [6.07, 6.45) is 1.98. The average molecular weight is 562 g/mol. The number of carbonyl (C=O) groups is 4. The Labute approximate surface area is 237 Å². The number of amidine groups is 1. The van der Waals surface area contributed by atoms with Crippen molar-refractivity contribution in [3.05, 3.63) is 29.8 Å². The summed E-state index contributed by atoms with van der Waals surface area (Å²) in [7, 11) is 5.70. The van der Waals surface area contributed by atoms with E-state index in [0.29, 0.717) is 49.7 Å². The van der Waals surface area contributed by atoms with Gasteiger partial charge in [-0.15, -0.1) is 0 Å². The van der Waals surface area contributed by atoms with E-state index < -0.39 is 30.4 Å². The molecule has 11 heteroatoms. The molecular formula is C29H47N5O6. The molecule has 0 heterocycles. The van der Waals surface area contributed by atoms with E-state index in [-0.39, 0.29) is 24.6 Å². The lowest BCUT2D eigenvalue weighted by atomic mass is 9.85. The van der Waals surface area contributed by atoms with E-state index in [2.05, 4.69) is 44.2 Å². The summed E-state index contributed by atoms with van der Waals surface area (Å²) in [6.45, 7) is 5.59. The highest BCUT2D eigenvalue weighted by Gasteiger charge is 2.23. The second-order valence-corrected chi connectivity index (χ2v) is 10.6. The number of aliphatic carboxylic acids is 1. The number of benzene rings is 1. The highest BCUT2D eigenvalue weighted by Crippen LogP contribution is 2.30. The molecule has 0 radical (unpaired) electrons. The quantitative estimate of drug-likeness (QED) is 0.0860. The number of ether oxygens (including phenoxy) is 1. The van der Waals surface area contributed by atoms with Crippen LogP contribution in [0.25, 0.3) is 0 Å². The molecule has 0 saturated heterocycles. The van der Waals surface area contributed by atoms with Crippen LogP contribution in [-0.4, -0.2) is 84.8 Å². The van der Waals surface area contributed by atoms with Gasteiger partial charge in [0.1, 0.15) is 12.2 Å². The second-order valence-electron chi connectivity index (χ2n) is 10.6. The fraction of sp³-hybridized carbons (Fsp3) is 0.621. The van der Waals surface area contributed by atoms with Crippen molar-refractivity contribution in [2.75, 3.05) is 34.2 Å². The molecule has 0 saturated carbocycles. The van der Waals surface area contributed by atoms with Crippen LogP contribution in [0.3, 0.4) is 0 Å². The Bertz CT molecular complexity index is 999. The van der Waals surface area contributed by atoms with Crippen LogP contribution in [0.1, 0.15) is 76.7 Å². The Hall–Kier alpha value is -3.47. The third kappa shape index (κ3) is 13.5. The number of carbonyl (C=O) groups excluding carboxylic acids is 3. The molecule has 0 spiro atoms. The number of carboxylic acids is 1. The van der Waals surface area contributed by atoms with Gasteiger partial charge in [0.25, 0.3) is 0 Å². The van der Waals surface area contributed by atoms with Gasteiger partial charge in [-0.2, -0.15) is 0 Å². The molecule has 1 rings (SSSR count). The molecule has 224 valence electrons. The van der Waals surface area contributed by atoms with Gasteiger partial charge in [-0.1, -0.05) is 32.4 Å². The van der Waals surface area contributed by atoms with Crippen molar-refractivity contribution in [2.45, 2.75) is 77.2 Å². The molecule has 0 bridgehead atoms. The van der Waals surface area contributed by atoms with Gasteiger partial charge in [0.05, 0.1) is 11.9 Å². The Morgan fingerprint density at radius 3 is 2.40 bits per heavy atom. The molecule has 0 fully saturated rings. The largest absolute Gasteiger partial charge is 0.481 e. The Kier molecular flexibility index (Phi) is 15.5. The van der Waals surface area contributed by atoms with Crippen LogP contribution in [0.5, 0.6) is 5.75 Å². The number of carboxylic acid groups (broad SMARTS) is 1. The monoisotopic (exact) mass is 561 g/mol. The lowest BCUT2D eigenvalue weighted by Gasteiger charge is -2.26. The van der Waals surface area contributed by atoms with Crippen LogP contribution in [-0.2, 0) is 14.4 Å². The van der Waals surface area contributed by atoms with Gasteiger partial charge in [0.2, 0.25) is 5.91 Å². The summed E-state index contributed by atoms with van der Waals surface area (Å²) < 4.78 is 5.60. The van der Waals surface area contributed by atoms with E-state index in [4.69, 9.17) is 21.0 Å². The van der Waals surface area contributed by atoms with E-state index in [1.807, 2.05) is 12.1 Å². The Balaban J connectivity index is 2.68. The maximum absolute atomic E-state index is 12.8. The molecule has 3 atom stereocenters. The topological polar surface area (TPSA) is 166 Å². The number of unbranched alkanes of at least 4 members (excludes halogenated alkanes) is 1. The standard InChI is InChI=1S/C29H47N5O6/c1-6-23(20(2)19-33(3)4)21-11-9-12-22(17-21)40-29(39)34(5)16-10-14-25(35)24(13-7-8-15-26(30)31)32-27(36)18-28(37)38/h9,11-12,17,20,23-24H,6-8,10,13-16,18-19H2,1-5H3,(H3,30,31)(H,32,36)(H,37,38)/t20-,23+,24-/m0/s1. The maximum Gasteiger partial charge on any atom is 0.414 e. The first-order valence-corrected chi connectivity index (χ1v) is 13.9. The van der Waals surface area contributed by atoms with E-state index >= 15 is 0 Å². The molecule has 40 heavy (non-hydrogen) atoms. The van der Waals surface area contributed by atoms with E-state index in [0.717, 1.165) is 18.5 Å². The minimum absolute atomic E-state index is 0.0449. The molecular weight excluding hydrogens is 514 g/mol. The predicted octanol–water partition coefficient (Wildman–Crippen LogP) is 3.61. The van der Waals surface area contributed by atoms with Crippen LogP contribution < -0.4 is 15.8 Å². The van der Waals surface area contributed by atoms with Gasteiger partial charge in [-0.25, -0.2) is 4.79 Å². The van der Waals surface area contributed by atoms with Crippen molar-refractivity contribution in [3.8, 4) is 5.75 Å². The fourth-order valence-corrected chi connectivity index (χ4v) is 4.77. The summed E-state index contributed by atoms with van der Waals surface area (Å²) >= 11 is 0. The molecule has 0 aliphatic carbocycles. The van der Waals surface area contributed by atoms with Crippen molar-refractivity contribution >= 4 is 29.6 Å². The van der Waals surface area contributed by atoms with Crippen LogP contribution in [0.4, 0.5) is 4.79 Å². The SMILES string of the molecule is CC[C@@H](c1cccc(OC(=O)N(C)CCCC(=O)[C@H](CCCCC(=N)N)NC(=O)CC(=O)O)c1)[C@@H](C)CN(C)C. The minimum atomic E-state index is -1.28. The fourth-order valence-electron chi connectivity index (χ4n) is 4.77. The molecule has 0 aromatic heterocycles. The molecule has 0 aliphatic heterocycles. The lowest BCUT2D eigenvalue weighted by Crippen LogP contribution is -2.42. The summed E-state index contributed by atoms with van der Waals surface area (Å²) in [5.41, 5.74) is 6.48. The first-order valence-electron chi connectivity index (χ1n) is 13.9. The molecule has 5 N–H and O–H groups in total. The van der Waals surface area contributed by atoms with Gasteiger partial charge in [-0.3, -0.25) is 19.8 Å². The van der Waals surface area contributed by atoms with Crippen molar-refractivity contribution in [3.63, 3.8) is 0 Å². The molecule has 2 amide bonds. The first-order chi connectivity index (χ1) is 18.8. The van der Waals surface area contributed by atoms with E-state index in [9.17, 15) is 19.2 Å². The number of ketones is 1. The van der Waals surface area contributed by atoms with Crippen molar-refractivity contribution in [1.29, 1.82) is 5.41 Å². The van der Waals surface area contributed by atoms with Gasteiger partial charge in [-0.05, 0) is 69.3 Å². The zero-order chi connectivity index (χ0) is 30.2. The Morgan fingerprint density at radius 1 is 1.10 bits per heavy atom. The third-order valence-electron chi connectivity index (χ3n) is 6.72. The summed E-state index contributed by atoms with van der Waals surface area (Å²) in [6, 6.07) is 6.76. The number of hydrogen-bond acceptors (Lipinski definition) is 7. The first kappa shape index (κ1) is 34.6. The van der Waals surface area contributed by atoms with E-state index in [1.165, 1.54) is 4.90 Å². The number of nitrogens with two attached hydrogens (primary N) is 1. The number of Topliss-reactive ketones (excluding diaryl/α,β-unsaturated/α-hetero) is 1. The average Bonchev–Trinajstić information content (AvgIpc) is 2.85. The highest BCUT2D eigenvalue weighted by atomic mass is 16.6. The minimum Gasteiger partial charge on any atom is -0.481 e. The third-order valence-corrected chi connectivity index (χ3v) is 6.72. The highest BCUT2D eigenvalue weighted by molar-refractivity contribution is 5.96. The summed E-state index contributed by atoms with van der Waals surface area (Å²) in [5.74, 6) is -0.986. The zero-order valence-corrected chi connectivity index (χ0v) is 24.6. The number of amides is 2. The summed E-state index contributed by atoms with van der Waals surface area (Å²) in [4.78, 5) is 51.9. The number of hydrogen-bond donors (Lipinski definition) is 4. The molecule has 1 aromatic carbocycles. The summed E-state index contributed by atoms with van der Waals surface area (Å²) in [5, 5.41) is 18.7. The Morgan fingerprint density at radius 2 is 1.80 bits per heavy atom. The number of nitrogens with zero attached hydrogens (tertiary/aromatic N) is 2. The van der Waals surface area contributed by atoms with Gasteiger partial charge in [0.15, 0.2) is 5.78 Å². The molecule has 11 nitrogen and oxygen atoms in total. The number of nitrogens with one attached hydrogen (secondary N) is 2. The molecule has 1 aromatic rings. The van der Waals surface area contributed by atoms with Crippen molar-refractivity contribution < 1.29 is 29.0 Å². The van der Waals surface area contributed by atoms with Crippen molar-refractivity contribution in [2.24, 2.45) is 11.7 Å². The van der Waals surface area contributed by atoms with Crippen molar-refractivity contribution in [1.82, 2.24) is 15.1 Å². The normalized spacial score (nSPS) is 13.2. The zero-order valence-electron chi connectivity index (χ0n) is 24.6. The van der Waals surface area contributed by atoms with Gasteiger partial charge >= 0.3 is 12.1 Å². The second kappa shape index (κ2) is 18.0. The van der Waals surface area contributed by atoms with E-state index in [1.54, 1.807) is 13.1 Å². The van der Waals surface area contributed by atoms with Crippen LogP contribution in [0.15, 0.2) is 24.3 Å². The molecule has 0 unspecified atom stereocenters. The van der Waals surface area contributed by atoms with Crippen LogP contribution in [0.2, 0.25) is 0 Å². The number of rotatable bonds is 19.